The summed E-state index contributed by atoms with van der Waals surface area (Å²) in [7, 11) is -1.51. The van der Waals surface area contributed by atoms with Gasteiger partial charge in [-0.1, -0.05) is 13.0 Å². The minimum absolute atomic E-state index is 0.0135. The van der Waals surface area contributed by atoms with E-state index in [4.69, 9.17) is 10.5 Å². The first-order valence-electron chi connectivity index (χ1n) is 14.0. The number of carbonyl (C=O) groups excluding carboxylic acids is 4. The quantitative estimate of drug-likeness (QED) is 0.258. The van der Waals surface area contributed by atoms with E-state index in [9.17, 15) is 36.4 Å². The third-order valence-corrected chi connectivity index (χ3v) is 9.48. The second kappa shape index (κ2) is 13.9. The van der Waals surface area contributed by atoms with E-state index >= 15 is 0 Å². The van der Waals surface area contributed by atoms with Crippen molar-refractivity contribution in [3.8, 4) is 5.75 Å². The summed E-state index contributed by atoms with van der Waals surface area (Å²) in [6.45, 7) is 1.46. The zero-order valence-corrected chi connectivity index (χ0v) is 25.9. The molecule has 3 aromatic rings. The Kier molecular flexibility index (Phi) is 10.2. The van der Waals surface area contributed by atoms with Crippen LogP contribution in [0.15, 0.2) is 59.5 Å². The maximum Gasteiger partial charge on any atom is 0.411 e. The van der Waals surface area contributed by atoms with Crippen LogP contribution in [0.5, 0.6) is 5.75 Å². The number of carbonyl (C=O) groups is 4. The van der Waals surface area contributed by atoms with Crippen molar-refractivity contribution in [2.75, 3.05) is 37.2 Å². The molecule has 3 atom stereocenters. The topological polar surface area (TPSA) is 174 Å². The number of primary amides is 1. The lowest BCUT2D eigenvalue weighted by Gasteiger charge is -2.32. The standard InChI is InChI=1S/C31H32F2N4O8S/c1-4-46(42,43)26-10-7-20(36-31(41)45-3)15-22(26)28-18(16-38)11-12-37(28)30(40)27(17-5-8-24(33)25(13-17)44-2)35-19-6-9-23(32)21(14-19)29(34)39/h5-10,13-16,18,27-28,35H,4,11-12H2,1-3H3,(H2,34,39)(H,36,41)/t18-,27+,28-/m1/s1. The second-order valence-corrected chi connectivity index (χ2v) is 12.6. The first kappa shape index (κ1) is 33.8. The van der Waals surface area contributed by atoms with Gasteiger partial charge < -0.3 is 30.2 Å². The smallest absolute Gasteiger partial charge is 0.411 e. The zero-order valence-electron chi connectivity index (χ0n) is 25.1. The highest BCUT2D eigenvalue weighted by Crippen LogP contribution is 2.42. The summed E-state index contributed by atoms with van der Waals surface area (Å²) in [4.78, 5) is 51.8. The molecule has 0 spiro atoms. The van der Waals surface area contributed by atoms with Crippen molar-refractivity contribution < 1.29 is 45.9 Å². The summed E-state index contributed by atoms with van der Waals surface area (Å²) in [6, 6.07) is 8.62. The predicted molar refractivity (Wildman–Crippen MR) is 163 cm³/mol. The van der Waals surface area contributed by atoms with Gasteiger partial charge in [0.15, 0.2) is 21.4 Å². The van der Waals surface area contributed by atoms with Gasteiger partial charge in [0, 0.05) is 23.8 Å². The van der Waals surface area contributed by atoms with Crippen LogP contribution in [-0.4, -0.2) is 64.0 Å². The number of nitrogens with two attached hydrogens (primary N) is 1. The molecular weight excluding hydrogens is 626 g/mol. The monoisotopic (exact) mass is 658 g/mol. The van der Waals surface area contributed by atoms with Crippen LogP contribution in [-0.2, 0) is 24.2 Å². The number of ether oxygens (including phenoxy) is 2. The second-order valence-electron chi connectivity index (χ2n) is 10.4. The van der Waals surface area contributed by atoms with Crippen molar-refractivity contribution >= 4 is 45.4 Å². The minimum Gasteiger partial charge on any atom is -0.494 e. The highest BCUT2D eigenvalue weighted by molar-refractivity contribution is 7.91. The molecule has 0 radical (unpaired) electrons. The van der Waals surface area contributed by atoms with Crippen molar-refractivity contribution in [1.29, 1.82) is 0 Å². The minimum atomic E-state index is -3.90. The molecule has 244 valence electrons. The van der Waals surface area contributed by atoms with E-state index in [1.54, 1.807) is 0 Å². The van der Waals surface area contributed by atoms with Gasteiger partial charge in [0.2, 0.25) is 5.91 Å². The lowest BCUT2D eigenvalue weighted by atomic mass is 9.93. The Morgan fingerprint density at radius 2 is 1.74 bits per heavy atom. The molecule has 1 heterocycles. The van der Waals surface area contributed by atoms with E-state index in [2.05, 4.69) is 15.4 Å². The molecule has 15 heteroatoms. The molecule has 12 nitrogen and oxygen atoms in total. The Balaban J connectivity index is 1.88. The SMILES string of the molecule is CCS(=O)(=O)c1ccc(NC(=O)OC)cc1[C@H]1[C@@H](C=O)CCN1C(=O)[C@@H](Nc1ccc(F)c(C(N)=O)c1)c1ccc(F)c(OC)c1. The zero-order chi connectivity index (χ0) is 33.8. The summed E-state index contributed by atoms with van der Waals surface area (Å²) in [6.07, 6.45) is -0.0296. The lowest BCUT2D eigenvalue weighted by molar-refractivity contribution is -0.133. The van der Waals surface area contributed by atoms with Crippen molar-refractivity contribution in [2.45, 2.75) is 30.3 Å². The van der Waals surface area contributed by atoms with Crippen LogP contribution in [0.3, 0.4) is 0 Å². The number of amides is 3. The number of nitrogens with zero attached hydrogens (tertiary/aromatic N) is 1. The molecule has 1 aliphatic rings. The fraction of sp³-hybridized carbons (Fsp3) is 0.290. The number of likely N-dealkylation sites (tertiary alicyclic amines) is 1. The molecule has 0 saturated carbocycles. The number of nitrogens with one attached hydrogen (secondary N) is 2. The van der Waals surface area contributed by atoms with E-state index in [0.29, 0.717) is 6.29 Å². The molecule has 1 saturated heterocycles. The summed E-state index contributed by atoms with van der Waals surface area (Å²) in [5, 5.41) is 5.42. The van der Waals surface area contributed by atoms with Crippen molar-refractivity contribution in [3.05, 3.63) is 82.9 Å². The Morgan fingerprint density at radius 1 is 1.04 bits per heavy atom. The van der Waals surface area contributed by atoms with Gasteiger partial charge in [-0.25, -0.2) is 22.0 Å². The fourth-order valence-corrected chi connectivity index (χ4v) is 6.47. The maximum atomic E-state index is 14.5. The average Bonchev–Trinajstić information content (AvgIpc) is 3.48. The van der Waals surface area contributed by atoms with Crippen LogP contribution in [0, 0.1) is 17.6 Å². The summed E-state index contributed by atoms with van der Waals surface area (Å²) in [5.74, 6) is -4.63. The van der Waals surface area contributed by atoms with Gasteiger partial charge in [-0.05, 0) is 66.1 Å². The molecule has 0 aliphatic carbocycles. The van der Waals surface area contributed by atoms with Gasteiger partial charge in [0.1, 0.15) is 18.1 Å². The van der Waals surface area contributed by atoms with Crippen LogP contribution < -0.4 is 21.1 Å². The summed E-state index contributed by atoms with van der Waals surface area (Å²) < 4.78 is 64.9. The van der Waals surface area contributed by atoms with Gasteiger partial charge in [-0.15, -0.1) is 0 Å². The highest BCUT2D eigenvalue weighted by atomic mass is 32.2. The molecular formula is C31H32F2N4O8S. The number of sulfone groups is 1. The van der Waals surface area contributed by atoms with Crippen molar-refractivity contribution in [1.82, 2.24) is 4.90 Å². The molecule has 3 amide bonds. The fourth-order valence-electron chi connectivity index (χ4n) is 5.35. The van der Waals surface area contributed by atoms with Gasteiger partial charge in [-0.2, -0.15) is 0 Å². The van der Waals surface area contributed by atoms with Crippen LogP contribution in [0.25, 0.3) is 0 Å². The van der Waals surface area contributed by atoms with Crippen LogP contribution in [0.2, 0.25) is 0 Å². The first-order valence-corrected chi connectivity index (χ1v) is 15.7. The number of rotatable bonds is 11. The molecule has 46 heavy (non-hydrogen) atoms. The number of hydrogen-bond donors (Lipinski definition) is 3. The first-order chi connectivity index (χ1) is 21.8. The van der Waals surface area contributed by atoms with Gasteiger partial charge in [-0.3, -0.25) is 14.9 Å². The van der Waals surface area contributed by atoms with E-state index in [1.165, 1.54) is 55.3 Å². The Labute approximate surface area is 263 Å². The third kappa shape index (κ3) is 6.93. The highest BCUT2D eigenvalue weighted by Gasteiger charge is 2.43. The number of hydrogen-bond acceptors (Lipinski definition) is 9. The van der Waals surface area contributed by atoms with Gasteiger partial charge >= 0.3 is 6.09 Å². The molecule has 1 fully saturated rings. The molecule has 4 rings (SSSR count). The maximum absolute atomic E-state index is 14.5. The van der Waals surface area contributed by atoms with Crippen LogP contribution in [0.1, 0.15) is 46.9 Å². The van der Waals surface area contributed by atoms with E-state index in [0.717, 1.165) is 25.3 Å². The summed E-state index contributed by atoms with van der Waals surface area (Å²) >= 11 is 0. The van der Waals surface area contributed by atoms with E-state index in [-0.39, 0.29) is 51.9 Å². The van der Waals surface area contributed by atoms with Gasteiger partial charge in [0.05, 0.1) is 36.5 Å². The van der Waals surface area contributed by atoms with Gasteiger partial charge in [0.25, 0.3) is 5.91 Å². The largest absolute Gasteiger partial charge is 0.494 e. The van der Waals surface area contributed by atoms with E-state index < -0.39 is 62.9 Å². The molecule has 3 aromatic carbocycles. The number of halogens is 2. The number of aldehydes is 1. The Hall–Kier alpha value is -5.05. The molecule has 0 unspecified atom stereocenters. The van der Waals surface area contributed by atoms with Crippen LogP contribution in [0.4, 0.5) is 25.0 Å². The summed E-state index contributed by atoms with van der Waals surface area (Å²) in [5.41, 5.74) is 5.41. The normalized spacial score (nSPS) is 16.8. The average molecular weight is 659 g/mol. The molecule has 4 N–H and O–H groups in total. The number of benzene rings is 3. The van der Waals surface area contributed by atoms with Crippen molar-refractivity contribution in [3.63, 3.8) is 0 Å². The lowest BCUT2D eigenvalue weighted by Crippen LogP contribution is -2.39. The third-order valence-electron chi connectivity index (χ3n) is 7.68. The molecule has 0 bridgehead atoms. The van der Waals surface area contributed by atoms with Crippen LogP contribution >= 0.6 is 0 Å². The van der Waals surface area contributed by atoms with E-state index in [1.807, 2.05) is 0 Å². The van der Waals surface area contributed by atoms with Crippen molar-refractivity contribution in [2.24, 2.45) is 11.7 Å². The number of anilines is 2. The predicted octanol–water partition coefficient (Wildman–Crippen LogP) is 3.99. The number of methoxy groups -OCH3 is 2. The Morgan fingerprint density at radius 3 is 2.37 bits per heavy atom. The Bertz CT molecular complexity index is 1790. The molecule has 1 aliphatic heterocycles. The molecule has 0 aromatic heterocycles.